The molecule has 4 heteroatoms. The highest BCUT2D eigenvalue weighted by Crippen LogP contribution is 2.44. The van der Waals surface area contributed by atoms with Gasteiger partial charge in [0, 0.05) is 36.1 Å². The van der Waals surface area contributed by atoms with Gasteiger partial charge in [0.1, 0.15) is 0 Å². The van der Waals surface area contributed by atoms with E-state index in [2.05, 4.69) is 30.1 Å². The summed E-state index contributed by atoms with van der Waals surface area (Å²) >= 11 is 7.76. The third-order valence-electron chi connectivity index (χ3n) is 4.46. The van der Waals surface area contributed by atoms with Crippen LogP contribution >= 0.6 is 22.9 Å². The second-order valence-electron chi connectivity index (χ2n) is 6.00. The Balaban J connectivity index is 1.77. The molecule has 100 valence electrons. The van der Waals surface area contributed by atoms with Crippen molar-refractivity contribution in [1.29, 1.82) is 0 Å². The number of hydrogen-bond donors (Lipinski definition) is 1. The molecule has 1 aliphatic carbocycles. The number of rotatable bonds is 3. The first-order valence-corrected chi connectivity index (χ1v) is 8.00. The van der Waals surface area contributed by atoms with Gasteiger partial charge in [-0.3, -0.25) is 4.90 Å². The lowest BCUT2D eigenvalue weighted by Gasteiger charge is -2.48. The minimum atomic E-state index is 0.336. The van der Waals surface area contributed by atoms with Crippen LogP contribution < -0.4 is 5.32 Å². The van der Waals surface area contributed by atoms with Crippen LogP contribution in [0.2, 0.25) is 4.34 Å². The summed E-state index contributed by atoms with van der Waals surface area (Å²) in [6, 6.07) is 4.78. The van der Waals surface area contributed by atoms with Gasteiger partial charge < -0.3 is 5.32 Å². The van der Waals surface area contributed by atoms with E-state index < -0.39 is 0 Å². The number of hydrogen-bond acceptors (Lipinski definition) is 3. The Bertz CT molecular complexity index is 429. The Hall–Kier alpha value is -0.0900. The first-order valence-electron chi connectivity index (χ1n) is 6.80. The van der Waals surface area contributed by atoms with E-state index in [9.17, 15) is 0 Å². The van der Waals surface area contributed by atoms with Crippen LogP contribution in [-0.2, 0) is 6.54 Å². The fourth-order valence-corrected chi connectivity index (χ4v) is 4.18. The molecule has 0 bridgehead atoms. The SMILES string of the molecule is CC1CN(Cc2ccc(Cl)s2)C(C)(C2CC2)CN1. The van der Waals surface area contributed by atoms with E-state index in [1.807, 2.05) is 6.07 Å². The topological polar surface area (TPSA) is 15.3 Å². The molecule has 2 fully saturated rings. The van der Waals surface area contributed by atoms with E-state index in [0.717, 1.165) is 29.9 Å². The van der Waals surface area contributed by atoms with E-state index in [1.54, 1.807) is 11.3 Å². The molecule has 1 aromatic heterocycles. The molecule has 0 aromatic carbocycles. The van der Waals surface area contributed by atoms with Crippen molar-refractivity contribution in [2.45, 2.75) is 44.8 Å². The third kappa shape index (κ3) is 2.46. The highest BCUT2D eigenvalue weighted by Gasteiger charge is 2.47. The molecule has 1 aliphatic heterocycles. The maximum atomic E-state index is 6.04. The van der Waals surface area contributed by atoms with Crippen molar-refractivity contribution < 1.29 is 0 Å². The van der Waals surface area contributed by atoms with Crippen LogP contribution in [0, 0.1) is 5.92 Å². The average molecular weight is 285 g/mol. The Kier molecular flexibility index (Phi) is 3.43. The standard InChI is InChI=1S/C14H21ClN2S/c1-10-7-17(8-12-5-6-13(15)18-12)14(2,9-16-10)11-3-4-11/h5-6,10-11,16H,3-4,7-9H2,1-2H3. The van der Waals surface area contributed by atoms with Gasteiger partial charge in [0.15, 0.2) is 0 Å². The first-order chi connectivity index (χ1) is 8.58. The number of nitrogens with one attached hydrogen (secondary N) is 1. The van der Waals surface area contributed by atoms with Crippen molar-refractivity contribution in [3.63, 3.8) is 0 Å². The summed E-state index contributed by atoms with van der Waals surface area (Å²) in [5.41, 5.74) is 0.336. The van der Waals surface area contributed by atoms with Gasteiger partial charge in [-0.2, -0.15) is 0 Å². The summed E-state index contributed by atoms with van der Waals surface area (Å²) in [6.45, 7) is 8.02. The molecule has 2 nitrogen and oxygen atoms in total. The smallest absolute Gasteiger partial charge is 0.0931 e. The van der Waals surface area contributed by atoms with Gasteiger partial charge >= 0.3 is 0 Å². The number of halogens is 1. The van der Waals surface area contributed by atoms with Crippen LogP contribution in [0.25, 0.3) is 0 Å². The highest BCUT2D eigenvalue weighted by atomic mass is 35.5. The van der Waals surface area contributed by atoms with Gasteiger partial charge in [-0.15, -0.1) is 11.3 Å². The largest absolute Gasteiger partial charge is 0.311 e. The minimum Gasteiger partial charge on any atom is -0.311 e. The molecule has 1 saturated carbocycles. The zero-order valence-electron chi connectivity index (χ0n) is 11.1. The molecule has 2 aliphatic rings. The second-order valence-corrected chi connectivity index (χ2v) is 7.80. The lowest BCUT2D eigenvalue weighted by Crippen LogP contribution is -2.63. The molecule has 1 N–H and O–H groups in total. The maximum Gasteiger partial charge on any atom is 0.0931 e. The van der Waals surface area contributed by atoms with Gasteiger partial charge in [0.05, 0.1) is 4.34 Å². The Morgan fingerprint density at radius 2 is 2.28 bits per heavy atom. The molecule has 2 atom stereocenters. The van der Waals surface area contributed by atoms with Gasteiger partial charge in [-0.1, -0.05) is 11.6 Å². The molecule has 0 spiro atoms. The van der Waals surface area contributed by atoms with Gasteiger partial charge in [-0.05, 0) is 44.7 Å². The zero-order chi connectivity index (χ0) is 12.8. The Morgan fingerprint density at radius 1 is 1.50 bits per heavy atom. The summed E-state index contributed by atoms with van der Waals surface area (Å²) < 4.78 is 0.904. The summed E-state index contributed by atoms with van der Waals surface area (Å²) in [6.07, 6.45) is 2.79. The van der Waals surface area contributed by atoms with Crippen LogP contribution in [0.4, 0.5) is 0 Å². The molecule has 0 radical (unpaired) electrons. The van der Waals surface area contributed by atoms with E-state index in [-0.39, 0.29) is 0 Å². The molecule has 18 heavy (non-hydrogen) atoms. The number of nitrogens with zero attached hydrogens (tertiary/aromatic N) is 1. The number of piperazine rings is 1. The highest BCUT2D eigenvalue weighted by molar-refractivity contribution is 7.16. The summed E-state index contributed by atoms with van der Waals surface area (Å²) in [4.78, 5) is 4.06. The molecule has 2 unspecified atom stereocenters. The molecular formula is C14H21ClN2S. The third-order valence-corrected chi connectivity index (χ3v) is 5.67. The molecule has 3 rings (SSSR count). The molecule has 1 saturated heterocycles. The van der Waals surface area contributed by atoms with Crippen molar-refractivity contribution in [3.05, 3.63) is 21.3 Å². The average Bonchev–Trinajstić information content (AvgIpc) is 3.10. The first kappa shape index (κ1) is 12.9. The van der Waals surface area contributed by atoms with E-state index >= 15 is 0 Å². The molecule has 1 aromatic rings. The zero-order valence-corrected chi connectivity index (χ0v) is 12.7. The second kappa shape index (κ2) is 4.78. The molecule has 2 heterocycles. The summed E-state index contributed by atoms with van der Waals surface area (Å²) in [5, 5.41) is 3.65. The predicted octanol–water partition coefficient (Wildman–Crippen LogP) is 3.36. The fourth-order valence-electron chi connectivity index (χ4n) is 3.07. The lowest BCUT2D eigenvalue weighted by atomic mass is 9.89. The quantitative estimate of drug-likeness (QED) is 0.916. The van der Waals surface area contributed by atoms with Crippen LogP contribution in [0.15, 0.2) is 12.1 Å². The van der Waals surface area contributed by atoms with Crippen molar-refractivity contribution in [2.75, 3.05) is 13.1 Å². The molecule has 0 amide bonds. The van der Waals surface area contributed by atoms with Gasteiger partial charge in [0.25, 0.3) is 0 Å². The minimum absolute atomic E-state index is 0.336. The van der Waals surface area contributed by atoms with Crippen molar-refractivity contribution in [2.24, 2.45) is 5.92 Å². The summed E-state index contributed by atoms with van der Waals surface area (Å²) in [7, 11) is 0. The van der Waals surface area contributed by atoms with E-state index in [0.29, 0.717) is 11.6 Å². The fraction of sp³-hybridized carbons (Fsp3) is 0.714. The number of thiophene rings is 1. The maximum absolute atomic E-state index is 6.04. The lowest BCUT2D eigenvalue weighted by molar-refractivity contribution is 0.0320. The van der Waals surface area contributed by atoms with Gasteiger partial charge in [-0.25, -0.2) is 0 Å². The van der Waals surface area contributed by atoms with Crippen LogP contribution in [0.3, 0.4) is 0 Å². The van der Waals surface area contributed by atoms with Crippen LogP contribution in [0.5, 0.6) is 0 Å². The van der Waals surface area contributed by atoms with Crippen molar-refractivity contribution >= 4 is 22.9 Å². The summed E-state index contributed by atoms with van der Waals surface area (Å²) in [5.74, 6) is 0.882. The Morgan fingerprint density at radius 3 is 2.89 bits per heavy atom. The van der Waals surface area contributed by atoms with Gasteiger partial charge in [0.2, 0.25) is 0 Å². The molecular weight excluding hydrogens is 264 g/mol. The van der Waals surface area contributed by atoms with E-state index in [1.165, 1.54) is 17.7 Å². The normalized spacial score (nSPS) is 33.8. The van der Waals surface area contributed by atoms with Crippen molar-refractivity contribution in [3.8, 4) is 0 Å². The van der Waals surface area contributed by atoms with Crippen LogP contribution in [-0.4, -0.2) is 29.6 Å². The predicted molar refractivity (Wildman–Crippen MR) is 78.3 cm³/mol. The Labute approximate surface area is 118 Å². The van der Waals surface area contributed by atoms with E-state index in [4.69, 9.17) is 11.6 Å². The van der Waals surface area contributed by atoms with Crippen LogP contribution in [0.1, 0.15) is 31.6 Å². The van der Waals surface area contributed by atoms with Crippen molar-refractivity contribution in [1.82, 2.24) is 10.2 Å². The monoisotopic (exact) mass is 284 g/mol.